The van der Waals surface area contributed by atoms with Gasteiger partial charge in [-0.25, -0.2) is 0 Å². The van der Waals surface area contributed by atoms with Crippen LogP contribution in [0.15, 0.2) is 55.1 Å². The summed E-state index contributed by atoms with van der Waals surface area (Å²) in [7, 11) is 0. The van der Waals surface area contributed by atoms with Gasteiger partial charge in [-0.15, -0.1) is 0 Å². The van der Waals surface area contributed by atoms with Gasteiger partial charge in [-0.05, 0) is 59.8 Å². The van der Waals surface area contributed by atoms with Crippen molar-refractivity contribution in [3.8, 4) is 11.1 Å². The Morgan fingerprint density at radius 1 is 0.833 bits per heavy atom. The van der Waals surface area contributed by atoms with Crippen molar-refractivity contribution in [2.75, 3.05) is 0 Å². The summed E-state index contributed by atoms with van der Waals surface area (Å²) >= 11 is 0. The van der Waals surface area contributed by atoms with Crippen molar-refractivity contribution < 1.29 is 0 Å². The molecule has 0 unspecified atom stereocenters. The van der Waals surface area contributed by atoms with E-state index in [1.54, 1.807) is 0 Å². The molecule has 1 aliphatic carbocycles. The van der Waals surface area contributed by atoms with E-state index in [0.717, 1.165) is 11.8 Å². The summed E-state index contributed by atoms with van der Waals surface area (Å²) in [6.07, 6.45) is 8.79. The molecule has 0 aliphatic heterocycles. The second-order valence-corrected chi connectivity index (χ2v) is 6.57. The first-order valence-electron chi connectivity index (χ1n) is 9.63. The maximum atomic E-state index is 3.81. The normalized spacial score (nSPS) is 20.0. The SMILES string of the molecule is C=Cc1ccc(-c2ccc(C3CCC(CC)CC3)cc2)cc1.CC. The van der Waals surface area contributed by atoms with Crippen LogP contribution in [0.1, 0.15) is 69.9 Å². The summed E-state index contributed by atoms with van der Waals surface area (Å²) in [5.41, 5.74) is 5.29. The third kappa shape index (κ3) is 4.60. The zero-order valence-electron chi connectivity index (χ0n) is 15.6. The highest BCUT2D eigenvalue weighted by Crippen LogP contribution is 2.37. The Morgan fingerprint density at radius 2 is 1.33 bits per heavy atom. The average molecular weight is 321 g/mol. The quantitative estimate of drug-likeness (QED) is 0.541. The van der Waals surface area contributed by atoms with Crippen LogP contribution in [-0.2, 0) is 0 Å². The molecule has 2 aromatic rings. The molecule has 0 aromatic heterocycles. The van der Waals surface area contributed by atoms with Crippen molar-refractivity contribution in [2.45, 2.75) is 58.8 Å². The van der Waals surface area contributed by atoms with Gasteiger partial charge >= 0.3 is 0 Å². The maximum absolute atomic E-state index is 3.81. The standard InChI is InChI=1S/C22H26.C2H6/c1-3-17-5-9-19(10-6-17)21-13-15-22(16-14-21)20-11-7-18(4-2)8-12-20;1-2/h3,5-6,9-10,13-16,18,20H,1,4,7-8,11-12H2,2H3;1-2H3. The molecule has 1 saturated carbocycles. The molecule has 3 rings (SSSR count). The van der Waals surface area contributed by atoms with E-state index in [4.69, 9.17) is 0 Å². The van der Waals surface area contributed by atoms with Gasteiger partial charge in [-0.3, -0.25) is 0 Å². The molecule has 1 fully saturated rings. The molecule has 0 amide bonds. The predicted molar refractivity (Wildman–Crippen MR) is 108 cm³/mol. The van der Waals surface area contributed by atoms with Gasteiger partial charge < -0.3 is 0 Å². The Hall–Kier alpha value is -1.82. The van der Waals surface area contributed by atoms with Crippen molar-refractivity contribution >= 4 is 6.08 Å². The van der Waals surface area contributed by atoms with Crippen molar-refractivity contribution in [3.63, 3.8) is 0 Å². The van der Waals surface area contributed by atoms with Crippen LogP contribution >= 0.6 is 0 Å². The van der Waals surface area contributed by atoms with E-state index in [9.17, 15) is 0 Å². The Morgan fingerprint density at radius 3 is 1.79 bits per heavy atom. The van der Waals surface area contributed by atoms with E-state index in [1.165, 1.54) is 54.4 Å². The van der Waals surface area contributed by atoms with Gasteiger partial charge in [0.1, 0.15) is 0 Å². The van der Waals surface area contributed by atoms with E-state index >= 15 is 0 Å². The molecule has 0 heteroatoms. The molecule has 0 N–H and O–H groups in total. The van der Waals surface area contributed by atoms with Crippen LogP contribution in [0.4, 0.5) is 0 Å². The minimum Gasteiger partial charge on any atom is -0.0985 e. The second-order valence-electron chi connectivity index (χ2n) is 6.57. The van der Waals surface area contributed by atoms with Crippen molar-refractivity contribution in [1.82, 2.24) is 0 Å². The number of benzene rings is 2. The smallest absolute Gasteiger partial charge is 0.0162 e. The number of hydrogen-bond donors (Lipinski definition) is 0. The molecule has 24 heavy (non-hydrogen) atoms. The van der Waals surface area contributed by atoms with E-state index < -0.39 is 0 Å². The third-order valence-corrected chi connectivity index (χ3v) is 5.29. The highest BCUT2D eigenvalue weighted by Gasteiger charge is 2.21. The molecular formula is C24H32. The highest BCUT2D eigenvalue weighted by atomic mass is 14.3. The fraction of sp³-hybridized carbons (Fsp3) is 0.417. The molecule has 0 saturated heterocycles. The lowest BCUT2D eigenvalue weighted by molar-refractivity contribution is 0.319. The lowest BCUT2D eigenvalue weighted by atomic mass is 9.77. The lowest BCUT2D eigenvalue weighted by Gasteiger charge is -2.28. The molecule has 0 radical (unpaired) electrons. The van der Waals surface area contributed by atoms with Crippen LogP contribution < -0.4 is 0 Å². The minimum atomic E-state index is 0.778. The molecule has 128 valence electrons. The van der Waals surface area contributed by atoms with Crippen molar-refractivity contribution in [2.24, 2.45) is 5.92 Å². The summed E-state index contributed by atoms with van der Waals surface area (Å²) in [5, 5.41) is 0. The first kappa shape index (κ1) is 18.5. The second kappa shape index (κ2) is 9.47. The summed E-state index contributed by atoms with van der Waals surface area (Å²) in [5.74, 6) is 1.75. The highest BCUT2D eigenvalue weighted by molar-refractivity contribution is 5.65. The van der Waals surface area contributed by atoms with Crippen LogP contribution in [0.3, 0.4) is 0 Å². The minimum absolute atomic E-state index is 0.778. The van der Waals surface area contributed by atoms with Gasteiger partial charge in [0.05, 0.1) is 0 Å². The van der Waals surface area contributed by atoms with E-state index in [1.807, 2.05) is 19.9 Å². The zero-order valence-corrected chi connectivity index (χ0v) is 15.6. The van der Waals surface area contributed by atoms with Crippen LogP contribution in [0, 0.1) is 5.92 Å². The van der Waals surface area contributed by atoms with E-state index in [0.29, 0.717) is 0 Å². The first-order valence-corrected chi connectivity index (χ1v) is 9.63. The summed E-state index contributed by atoms with van der Waals surface area (Å²) < 4.78 is 0. The maximum Gasteiger partial charge on any atom is -0.0162 e. The largest absolute Gasteiger partial charge is 0.0985 e. The molecule has 2 aromatic carbocycles. The molecule has 0 bridgehead atoms. The Balaban J connectivity index is 0.00000100. The Bertz CT molecular complexity index is 595. The van der Waals surface area contributed by atoms with Crippen LogP contribution in [0.25, 0.3) is 17.2 Å². The first-order chi connectivity index (χ1) is 11.8. The number of hydrogen-bond acceptors (Lipinski definition) is 0. The molecular weight excluding hydrogens is 288 g/mol. The van der Waals surface area contributed by atoms with Gasteiger partial charge in [0.15, 0.2) is 0 Å². The van der Waals surface area contributed by atoms with Gasteiger partial charge in [0.2, 0.25) is 0 Å². The number of rotatable bonds is 4. The summed E-state index contributed by atoms with van der Waals surface area (Å²) in [4.78, 5) is 0. The summed E-state index contributed by atoms with van der Waals surface area (Å²) in [6, 6.07) is 17.9. The lowest BCUT2D eigenvalue weighted by Crippen LogP contribution is -2.12. The van der Waals surface area contributed by atoms with Crippen LogP contribution in [0.2, 0.25) is 0 Å². The topological polar surface area (TPSA) is 0 Å². The fourth-order valence-electron chi connectivity index (χ4n) is 3.66. The van der Waals surface area contributed by atoms with Crippen molar-refractivity contribution in [3.05, 3.63) is 66.2 Å². The molecule has 0 nitrogen and oxygen atoms in total. The van der Waals surface area contributed by atoms with Gasteiger partial charge in [0.25, 0.3) is 0 Å². The summed E-state index contributed by atoms with van der Waals surface area (Å²) in [6.45, 7) is 10.1. The molecule has 0 spiro atoms. The van der Waals surface area contributed by atoms with E-state index in [2.05, 4.69) is 62.0 Å². The monoisotopic (exact) mass is 320 g/mol. The fourth-order valence-corrected chi connectivity index (χ4v) is 3.66. The average Bonchev–Trinajstić information content (AvgIpc) is 2.70. The molecule has 0 heterocycles. The zero-order chi connectivity index (χ0) is 17.4. The third-order valence-electron chi connectivity index (χ3n) is 5.29. The molecule has 1 aliphatic rings. The van der Waals surface area contributed by atoms with Crippen LogP contribution in [0.5, 0.6) is 0 Å². The van der Waals surface area contributed by atoms with Gasteiger partial charge in [0, 0.05) is 0 Å². The van der Waals surface area contributed by atoms with Gasteiger partial charge in [-0.2, -0.15) is 0 Å². The Labute approximate surface area is 148 Å². The van der Waals surface area contributed by atoms with Gasteiger partial charge in [-0.1, -0.05) is 88.4 Å². The Kier molecular flexibility index (Phi) is 7.31. The van der Waals surface area contributed by atoms with Crippen LogP contribution in [-0.4, -0.2) is 0 Å². The predicted octanol–water partition coefficient (Wildman–Crippen LogP) is 7.71. The van der Waals surface area contributed by atoms with Crippen molar-refractivity contribution in [1.29, 1.82) is 0 Å². The molecule has 0 atom stereocenters. The van der Waals surface area contributed by atoms with E-state index in [-0.39, 0.29) is 0 Å².